The van der Waals surface area contributed by atoms with Gasteiger partial charge in [-0.15, -0.1) is 0 Å². The summed E-state index contributed by atoms with van der Waals surface area (Å²) >= 11 is 12.2. The standard InChI is InChI=1S/C16H17Cl2NO/c1-11(16(20)12-6-3-2-4-7-12)19-10-13-8-5-9-14(17)15(13)18/h2-9,11,16,19-20H,10H2,1H3/p+1/t11-,16+/m0/s1. The van der Waals surface area contributed by atoms with E-state index >= 15 is 0 Å². The number of aliphatic hydroxyl groups excluding tert-OH is 1. The summed E-state index contributed by atoms with van der Waals surface area (Å²) < 4.78 is 0. The average Bonchev–Trinajstić information content (AvgIpc) is 2.48. The van der Waals surface area contributed by atoms with Crippen molar-refractivity contribution in [1.29, 1.82) is 0 Å². The summed E-state index contributed by atoms with van der Waals surface area (Å²) in [5.41, 5.74) is 1.90. The highest BCUT2D eigenvalue weighted by Gasteiger charge is 2.19. The van der Waals surface area contributed by atoms with Crippen LogP contribution in [0.5, 0.6) is 0 Å². The summed E-state index contributed by atoms with van der Waals surface area (Å²) in [6.07, 6.45) is -0.505. The van der Waals surface area contributed by atoms with Gasteiger partial charge in [0.25, 0.3) is 0 Å². The van der Waals surface area contributed by atoms with Gasteiger partial charge in [-0.3, -0.25) is 0 Å². The predicted molar refractivity (Wildman–Crippen MR) is 83.0 cm³/mol. The fourth-order valence-corrected chi connectivity index (χ4v) is 2.50. The van der Waals surface area contributed by atoms with Crippen LogP contribution in [0.15, 0.2) is 48.5 Å². The van der Waals surface area contributed by atoms with E-state index in [9.17, 15) is 5.11 Å². The van der Waals surface area contributed by atoms with Gasteiger partial charge in [0.2, 0.25) is 0 Å². The van der Waals surface area contributed by atoms with Crippen LogP contribution in [0.1, 0.15) is 24.2 Å². The van der Waals surface area contributed by atoms with Crippen molar-refractivity contribution in [2.75, 3.05) is 0 Å². The van der Waals surface area contributed by atoms with E-state index in [0.29, 0.717) is 16.6 Å². The van der Waals surface area contributed by atoms with Gasteiger partial charge in [-0.25, -0.2) is 0 Å². The van der Waals surface area contributed by atoms with Crippen LogP contribution in [0.3, 0.4) is 0 Å². The quantitative estimate of drug-likeness (QED) is 0.874. The first kappa shape index (κ1) is 15.3. The number of hydrogen-bond donors (Lipinski definition) is 2. The van der Waals surface area contributed by atoms with Crippen LogP contribution in [0.25, 0.3) is 0 Å². The van der Waals surface area contributed by atoms with Crippen LogP contribution in [0.4, 0.5) is 0 Å². The molecule has 2 rings (SSSR count). The van der Waals surface area contributed by atoms with Crippen LogP contribution in [-0.4, -0.2) is 11.1 Å². The van der Waals surface area contributed by atoms with E-state index in [1.165, 1.54) is 0 Å². The second kappa shape index (κ2) is 7.09. The maximum atomic E-state index is 10.3. The minimum absolute atomic E-state index is 0.0347. The van der Waals surface area contributed by atoms with Gasteiger partial charge in [-0.2, -0.15) is 0 Å². The number of benzene rings is 2. The van der Waals surface area contributed by atoms with Crippen molar-refractivity contribution in [2.45, 2.75) is 25.6 Å². The Morgan fingerprint density at radius 1 is 1.05 bits per heavy atom. The lowest BCUT2D eigenvalue weighted by atomic mass is 10.0. The summed E-state index contributed by atoms with van der Waals surface area (Å²) in [5, 5.41) is 13.5. The molecule has 0 aliphatic rings. The van der Waals surface area contributed by atoms with Crippen molar-refractivity contribution in [3.8, 4) is 0 Å². The summed E-state index contributed by atoms with van der Waals surface area (Å²) in [6.45, 7) is 2.68. The number of aliphatic hydroxyl groups is 1. The molecule has 2 aromatic carbocycles. The third kappa shape index (κ3) is 3.74. The highest BCUT2D eigenvalue weighted by molar-refractivity contribution is 6.42. The maximum Gasteiger partial charge on any atom is 0.130 e. The molecule has 0 saturated heterocycles. The Hall–Kier alpha value is -1.06. The normalized spacial score (nSPS) is 14.0. The Morgan fingerprint density at radius 3 is 2.45 bits per heavy atom. The molecule has 0 heterocycles. The van der Waals surface area contributed by atoms with Gasteiger partial charge in [0.1, 0.15) is 18.7 Å². The van der Waals surface area contributed by atoms with E-state index in [4.69, 9.17) is 23.2 Å². The second-order valence-corrected chi connectivity index (χ2v) is 5.65. The molecule has 2 atom stereocenters. The van der Waals surface area contributed by atoms with Crippen LogP contribution in [-0.2, 0) is 6.54 Å². The summed E-state index contributed by atoms with van der Waals surface area (Å²) in [5.74, 6) is 0. The SMILES string of the molecule is C[C@H]([NH2+]Cc1cccc(Cl)c1Cl)[C@@H](O)c1ccccc1. The first-order valence-corrected chi connectivity index (χ1v) is 7.34. The highest BCUT2D eigenvalue weighted by atomic mass is 35.5. The maximum absolute atomic E-state index is 10.3. The molecule has 0 aromatic heterocycles. The predicted octanol–water partition coefficient (Wildman–Crippen LogP) is 3.18. The number of hydrogen-bond acceptors (Lipinski definition) is 1. The topological polar surface area (TPSA) is 36.8 Å². The van der Waals surface area contributed by atoms with E-state index in [1.54, 1.807) is 6.07 Å². The second-order valence-electron chi connectivity index (χ2n) is 4.87. The molecule has 2 nitrogen and oxygen atoms in total. The van der Waals surface area contributed by atoms with Crippen molar-refractivity contribution >= 4 is 23.2 Å². The first-order valence-electron chi connectivity index (χ1n) is 6.59. The van der Waals surface area contributed by atoms with Crippen LogP contribution in [0.2, 0.25) is 10.0 Å². The zero-order valence-electron chi connectivity index (χ0n) is 11.3. The van der Waals surface area contributed by atoms with E-state index in [0.717, 1.165) is 11.1 Å². The van der Waals surface area contributed by atoms with Gasteiger partial charge in [0.05, 0.1) is 10.0 Å². The van der Waals surface area contributed by atoms with Crippen LogP contribution >= 0.6 is 23.2 Å². The summed E-state index contributed by atoms with van der Waals surface area (Å²) in [7, 11) is 0. The van der Waals surface area contributed by atoms with Crippen LogP contribution in [0, 0.1) is 0 Å². The molecule has 0 amide bonds. The molecule has 106 valence electrons. The Kier molecular flexibility index (Phi) is 5.44. The van der Waals surface area contributed by atoms with Gasteiger partial charge in [-0.05, 0) is 18.6 Å². The van der Waals surface area contributed by atoms with Crippen molar-refractivity contribution in [2.24, 2.45) is 0 Å². The van der Waals surface area contributed by atoms with Crippen molar-refractivity contribution in [3.63, 3.8) is 0 Å². The summed E-state index contributed by atoms with van der Waals surface area (Å²) in [6, 6.07) is 15.3. The Balaban J connectivity index is 1.98. The smallest absolute Gasteiger partial charge is 0.130 e. The lowest BCUT2D eigenvalue weighted by molar-refractivity contribution is -0.709. The van der Waals surface area contributed by atoms with E-state index < -0.39 is 6.10 Å². The fraction of sp³-hybridized carbons (Fsp3) is 0.250. The summed E-state index contributed by atoms with van der Waals surface area (Å²) in [4.78, 5) is 0. The van der Waals surface area contributed by atoms with Gasteiger partial charge >= 0.3 is 0 Å². The number of nitrogens with two attached hydrogens (primary N) is 1. The highest BCUT2D eigenvalue weighted by Crippen LogP contribution is 2.24. The molecule has 2 aromatic rings. The molecule has 4 heteroatoms. The van der Waals surface area contributed by atoms with E-state index in [2.05, 4.69) is 5.32 Å². The van der Waals surface area contributed by atoms with E-state index in [1.807, 2.05) is 49.4 Å². The minimum atomic E-state index is -0.505. The molecule has 0 aliphatic heterocycles. The average molecular weight is 311 g/mol. The molecule has 0 saturated carbocycles. The number of rotatable bonds is 5. The monoisotopic (exact) mass is 310 g/mol. The largest absolute Gasteiger partial charge is 0.382 e. The van der Waals surface area contributed by atoms with Gasteiger partial charge in [-0.1, -0.05) is 65.7 Å². The molecular formula is C16H18Cl2NO+. The zero-order chi connectivity index (χ0) is 14.5. The number of halogens is 2. The molecule has 0 radical (unpaired) electrons. The molecule has 0 spiro atoms. The Bertz CT molecular complexity index is 560. The van der Waals surface area contributed by atoms with Crippen molar-refractivity contribution < 1.29 is 10.4 Å². The first-order chi connectivity index (χ1) is 9.59. The van der Waals surface area contributed by atoms with Gasteiger partial charge in [0, 0.05) is 5.56 Å². The Morgan fingerprint density at radius 2 is 1.75 bits per heavy atom. The van der Waals surface area contributed by atoms with Gasteiger partial charge in [0.15, 0.2) is 0 Å². The lowest BCUT2D eigenvalue weighted by Crippen LogP contribution is -2.89. The van der Waals surface area contributed by atoms with E-state index in [-0.39, 0.29) is 6.04 Å². The minimum Gasteiger partial charge on any atom is -0.382 e. The molecule has 0 aliphatic carbocycles. The zero-order valence-corrected chi connectivity index (χ0v) is 12.8. The third-order valence-corrected chi connectivity index (χ3v) is 4.24. The Labute approximate surface area is 129 Å². The molecule has 3 N–H and O–H groups in total. The molecular weight excluding hydrogens is 293 g/mol. The molecule has 0 unspecified atom stereocenters. The molecule has 0 bridgehead atoms. The fourth-order valence-electron chi connectivity index (χ4n) is 2.10. The van der Waals surface area contributed by atoms with Crippen LogP contribution < -0.4 is 5.32 Å². The molecule has 0 fully saturated rings. The molecule has 20 heavy (non-hydrogen) atoms. The van der Waals surface area contributed by atoms with Crippen molar-refractivity contribution in [1.82, 2.24) is 0 Å². The number of quaternary nitrogens is 1. The van der Waals surface area contributed by atoms with Crippen molar-refractivity contribution in [3.05, 3.63) is 69.7 Å². The lowest BCUT2D eigenvalue weighted by Gasteiger charge is -2.18. The third-order valence-electron chi connectivity index (χ3n) is 3.38. The van der Waals surface area contributed by atoms with Gasteiger partial charge < -0.3 is 10.4 Å².